The molecule has 5 heteroatoms. The maximum Gasteiger partial charge on any atom is 0.149 e. The van der Waals surface area contributed by atoms with E-state index in [-0.39, 0.29) is 0 Å². The van der Waals surface area contributed by atoms with Gasteiger partial charge in [-0.05, 0) is 19.4 Å². The second-order valence-corrected chi connectivity index (χ2v) is 6.45. The minimum atomic E-state index is 0.561. The Morgan fingerprint density at radius 3 is 3.29 bits per heavy atom. The summed E-state index contributed by atoms with van der Waals surface area (Å²) in [6, 6.07) is 0.561. The largest absolute Gasteiger partial charge is 0.381 e. The van der Waals surface area contributed by atoms with Crippen molar-refractivity contribution < 1.29 is 4.74 Å². The van der Waals surface area contributed by atoms with E-state index in [2.05, 4.69) is 17.2 Å². The van der Waals surface area contributed by atoms with Gasteiger partial charge in [-0.1, -0.05) is 18.7 Å². The lowest BCUT2D eigenvalue weighted by atomic mass is 10.0. The van der Waals surface area contributed by atoms with Crippen LogP contribution in [0.25, 0.3) is 0 Å². The van der Waals surface area contributed by atoms with Crippen LogP contribution in [0.2, 0.25) is 0 Å². The lowest BCUT2D eigenvalue weighted by Crippen LogP contribution is -2.39. The number of nitrogens with one attached hydrogen (secondary N) is 1. The molecule has 17 heavy (non-hydrogen) atoms. The summed E-state index contributed by atoms with van der Waals surface area (Å²) in [5.41, 5.74) is 0. The predicted octanol–water partition coefficient (Wildman–Crippen LogP) is 2.64. The highest BCUT2D eigenvalue weighted by Crippen LogP contribution is 2.25. The Morgan fingerprint density at radius 1 is 1.71 bits per heavy atom. The summed E-state index contributed by atoms with van der Waals surface area (Å²) in [6.07, 6.45) is 4.26. The monoisotopic (exact) mass is 272 g/mol. The molecule has 2 rings (SSSR count). The Labute approximate surface area is 111 Å². The molecule has 0 bridgehead atoms. The first kappa shape index (κ1) is 13.3. The number of hydrogen-bond acceptors (Lipinski definition) is 5. The standard InChI is InChI=1S/C12H20N2OS2/c1-2-4-13-11(10-3-6-15-8-10)9-17-12-14-5-7-16-12/h5,7,10-11,13H,2-4,6,8-9H2,1H3. The van der Waals surface area contributed by atoms with E-state index in [1.165, 1.54) is 17.2 Å². The third-order valence-electron chi connectivity index (χ3n) is 2.99. The molecular formula is C12H20N2OS2. The number of ether oxygens (including phenoxy) is 1. The van der Waals surface area contributed by atoms with E-state index in [4.69, 9.17) is 4.74 Å². The molecule has 3 nitrogen and oxygen atoms in total. The first-order valence-corrected chi connectivity index (χ1v) is 8.10. The molecule has 1 aromatic heterocycles. The Morgan fingerprint density at radius 2 is 2.65 bits per heavy atom. The molecule has 2 atom stereocenters. The van der Waals surface area contributed by atoms with Gasteiger partial charge < -0.3 is 10.1 Å². The SMILES string of the molecule is CCCNC(CSc1nccs1)C1CCOC1. The van der Waals surface area contributed by atoms with E-state index >= 15 is 0 Å². The van der Waals surface area contributed by atoms with Crippen molar-refractivity contribution in [2.24, 2.45) is 5.92 Å². The molecule has 0 aliphatic carbocycles. The van der Waals surface area contributed by atoms with Gasteiger partial charge in [0, 0.05) is 35.9 Å². The fourth-order valence-electron chi connectivity index (χ4n) is 2.00. The van der Waals surface area contributed by atoms with Gasteiger partial charge in [0.25, 0.3) is 0 Å². The summed E-state index contributed by atoms with van der Waals surface area (Å²) >= 11 is 3.59. The number of thioether (sulfide) groups is 1. The van der Waals surface area contributed by atoms with Gasteiger partial charge in [-0.2, -0.15) is 0 Å². The Hall–Kier alpha value is -0.100. The first-order chi connectivity index (χ1) is 8.40. The molecule has 2 unspecified atom stereocenters. The van der Waals surface area contributed by atoms with Gasteiger partial charge in [0.05, 0.1) is 6.61 Å². The molecule has 1 aromatic rings. The highest BCUT2D eigenvalue weighted by atomic mass is 32.2. The van der Waals surface area contributed by atoms with Gasteiger partial charge in [-0.3, -0.25) is 0 Å². The normalized spacial score (nSPS) is 21.8. The molecule has 0 saturated carbocycles. The van der Waals surface area contributed by atoms with Crippen LogP contribution in [0, 0.1) is 5.92 Å². The van der Waals surface area contributed by atoms with Crippen LogP contribution in [0.4, 0.5) is 0 Å². The van der Waals surface area contributed by atoms with Crippen molar-refractivity contribution in [2.45, 2.75) is 30.1 Å². The molecule has 0 radical (unpaired) electrons. The fourth-order valence-corrected chi connectivity index (χ4v) is 3.85. The maximum absolute atomic E-state index is 5.49. The number of thiazole rings is 1. The Balaban J connectivity index is 1.81. The number of hydrogen-bond donors (Lipinski definition) is 1. The molecule has 0 spiro atoms. The van der Waals surface area contributed by atoms with Crippen LogP contribution in [0.3, 0.4) is 0 Å². The third kappa shape index (κ3) is 4.25. The summed E-state index contributed by atoms with van der Waals surface area (Å²) < 4.78 is 6.67. The van der Waals surface area contributed by atoms with Crippen LogP contribution in [-0.2, 0) is 4.74 Å². The molecule has 1 aliphatic rings. The van der Waals surface area contributed by atoms with E-state index in [1.54, 1.807) is 11.3 Å². The quantitative estimate of drug-likeness (QED) is 0.774. The summed E-state index contributed by atoms with van der Waals surface area (Å²) in [7, 11) is 0. The van der Waals surface area contributed by atoms with Crippen molar-refractivity contribution in [3.05, 3.63) is 11.6 Å². The molecule has 1 N–H and O–H groups in total. The van der Waals surface area contributed by atoms with Crippen LogP contribution in [0.5, 0.6) is 0 Å². The first-order valence-electron chi connectivity index (χ1n) is 6.23. The molecule has 1 aliphatic heterocycles. The topological polar surface area (TPSA) is 34.2 Å². The summed E-state index contributed by atoms with van der Waals surface area (Å²) in [4.78, 5) is 4.32. The highest BCUT2D eigenvalue weighted by Gasteiger charge is 2.25. The van der Waals surface area contributed by atoms with E-state index in [0.29, 0.717) is 12.0 Å². The highest BCUT2D eigenvalue weighted by molar-refractivity contribution is 8.01. The predicted molar refractivity (Wildman–Crippen MR) is 73.8 cm³/mol. The van der Waals surface area contributed by atoms with E-state index in [1.807, 2.05) is 23.3 Å². The zero-order chi connectivity index (χ0) is 11.9. The van der Waals surface area contributed by atoms with Crippen molar-refractivity contribution in [3.8, 4) is 0 Å². The van der Waals surface area contributed by atoms with Crippen molar-refractivity contribution in [2.75, 3.05) is 25.5 Å². The number of nitrogens with zero attached hydrogens (tertiary/aromatic N) is 1. The van der Waals surface area contributed by atoms with Gasteiger partial charge in [0.15, 0.2) is 0 Å². The molecule has 96 valence electrons. The average Bonchev–Trinajstić information content (AvgIpc) is 3.01. The number of aromatic nitrogens is 1. The smallest absolute Gasteiger partial charge is 0.149 e. The zero-order valence-corrected chi connectivity index (χ0v) is 11.9. The van der Waals surface area contributed by atoms with E-state index in [9.17, 15) is 0 Å². The second kappa shape index (κ2) is 7.36. The van der Waals surface area contributed by atoms with E-state index < -0.39 is 0 Å². The molecular weight excluding hydrogens is 252 g/mol. The van der Waals surface area contributed by atoms with Crippen LogP contribution in [-0.4, -0.2) is 36.5 Å². The molecule has 0 amide bonds. The molecule has 1 fully saturated rings. The lowest BCUT2D eigenvalue weighted by molar-refractivity contribution is 0.179. The fraction of sp³-hybridized carbons (Fsp3) is 0.750. The second-order valence-electron chi connectivity index (χ2n) is 4.29. The average molecular weight is 272 g/mol. The van der Waals surface area contributed by atoms with E-state index in [0.717, 1.165) is 25.5 Å². The van der Waals surface area contributed by atoms with Gasteiger partial charge in [-0.15, -0.1) is 11.3 Å². The van der Waals surface area contributed by atoms with Crippen molar-refractivity contribution in [1.29, 1.82) is 0 Å². The lowest BCUT2D eigenvalue weighted by Gasteiger charge is -2.22. The minimum Gasteiger partial charge on any atom is -0.381 e. The van der Waals surface area contributed by atoms with Gasteiger partial charge in [0.2, 0.25) is 0 Å². The zero-order valence-electron chi connectivity index (χ0n) is 10.2. The third-order valence-corrected chi connectivity index (χ3v) is 5.07. The summed E-state index contributed by atoms with van der Waals surface area (Å²) in [5, 5.41) is 5.69. The van der Waals surface area contributed by atoms with Crippen molar-refractivity contribution in [1.82, 2.24) is 10.3 Å². The number of rotatable bonds is 7. The van der Waals surface area contributed by atoms with Crippen LogP contribution < -0.4 is 5.32 Å². The summed E-state index contributed by atoms with van der Waals surface area (Å²) in [5.74, 6) is 1.77. The van der Waals surface area contributed by atoms with Crippen molar-refractivity contribution >= 4 is 23.1 Å². The van der Waals surface area contributed by atoms with Gasteiger partial charge in [-0.25, -0.2) is 4.98 Å². The minimum absolute atomic E-state index is 0.561. The maximum atomic E-state index is 5.49. The summed E-state index contributed by atoms with van der Waals surface area (Å²) in [6.45, 7) is 5.15. The Kier molecular flexibility index (Phi) is 5.77. The molecule has 0 aromatic carbocycles. The van der Waals surface area contributed by atoms with Gasteiger partial charge in [0.1, 0.15) is 4.34 Å². The van der Waals surface area contributed by atoms with Crippen LogP contribution in [0.15, 0.2) is 15.9 Å². The van der Waals surface area contributed by atoms with Gasteiger partial charge >= 0.3 is 0 Å². The Bertz CT molecular complexity index is 299. The molecule has 1 saturated heterocycles. The van der Waals surface area contributed by atoms with Crippen molar-refractivity contribution in [3.63, 3.8) is 0 Å². The van der Waals surface area contributed by atoms with Crippen LogP contribution in [0.1, 0.15) is 19.8 Å². The van der Waals surface area contributed by atoms with Crippen LogP contribution >= 0.6 is 23.1 Å². The molecule has 2 heterocycles.